The highest BCUT2D eigenvalue weighted by molar-refractivity contribution is 7.92. The minimum Gasteiger partial charge on any atom is -0.350 e. The van der Waals surface area contributed by atoms with Gasteiger partial charge in [0.1, 0.15) is 12.6 Å². The molecule has 3 aromatic rings. The number of rotatable bonds is 9. The lowest BCUT2D eigenvalue weighted by Gasteiger charge is -2.33. The van der Waals surface area contributed by atoms with Crippen LogP contribution in [0.25, 0.3) is 0 Å². The molecule has 2 amide bonds. The summed E-state index contributed by atoms with van der Waals surface area (Å²) in [4.78, 5) is 28.6. The number of amides is 2. The summed E-state index contributed by atoms with van der Waals surface area (Å²) in [5, 5.41) is 2.93. The third kappa shape index (κ3) is 7.44. The quantitative estimate of drug-likeness (QED) is 0.425. The van der Waals surface area contributed by atoms with Crippen LogP contribution in [0, 0.1) is 13.8 Å². The van der Waals surface area contributed by atoms with Crippen LogP contribution in [0.3, 0.4) is 0 Å². The summed E-state index contributed by atoms with van der Waals surface area (Å²) in [6, 6.07) is 21.9. The van der Waals surface area contributed by atoms with E-state index in [1.165, 1.54) is 17.0 Å². The Morgan fingerprint density at radius 2 is 1.50 bits per heavy atom. The van der Waals surface area contributed by atoms with Gasteiger partial charge in [-0.3, -0.25) is 13.9 Å². The Morgan fingerprint density at radius 3 is 2.08 bits per heavy atom. The molecular weight excluding hydrogens is 498 g/mol. The largest absolute Gasteiger partial charge is 0.350 e. The van der Waals surface area contributed by atoms with Crippen LogP contribution in [0.5, 0.6) is 0 Å². The molecule has 1 N–H and O–H groups in total. The van der Waals surface area contributed by atoms with Crippen molar-refractivity contribution in [3.05, 3.63) is 95.6 Å². The van der Waals surface area contributed by atoms with Crippen molar-refractivity contribution in [1.29, 1.82) is 0 Å². The molecule has 38 heavy (non-hydrogen) atoms. The molecule has 202 valence electrons. The number of benzene rings is 3. The second-order valence-corrected chi connectivity index (χ2v) is 12.4. The van der Waals surface area contributed by atoms with Crippen LogP contribution < -0.4 is 9.62 Å². The van der Waals surface area contributed by atoms with Crippen molar-refractivity contribution in [3.8, 4) is 0 Å². The fraction of sp³-hybridized carbons (Fsp3) is 0.333. The molecule has 0 spiro atoms. The number of sulfonamides is 1. The lowest BCUT2D eigenvalue weighted by molar-refractivity contribution is -0.140. The molecule has 0 saturated heterocycles. The van der Waals surface area contributed by atoms with Crippen molar-refractivity contribution in [1.82, 2.24) is 10.2 Å². The molecule has 0 radical (unpaired) electrons. The summed E-state index contributed by atoms with van der Waals surface area (Å²) in [6.07, 6.45) is 0. The van der Waals surface area contributed by atoms with Crippen molar-refractivity contribution < 1.29 is 18.0 Å². The third-order valence-corrected chi connectivity index (χ3v) is 7.82. The Kier molecular flexibility index (Phi) is 8.99. The molecule has 7 nitrogen and oxygen atoms in total. The highest BCUT2D eigenvalue weighted by Gasteiger charge is 2.33. The average Bonchev–Trinajstić information content (AvgIpc) is 2.85. The molecule has 0 aliphatic rings. The van der Waals surface area contributed by atoms with Crippen LogP contribution in [-0.4, -0.2) is 43.3 Å². The number of nitrogens with zero attached hydrogens (tertiary/aromatic N) is 2. The van der Waals surface area contributed by atoms with Crippen LogP contribution in [0.15, 0.2) is 83.8 Å². The van der Waals surface area contributed by atoms with Gasteiger partial charge in [0.2, 0.25) is 11.8 Å². The Balaban J connectivity index is 2.02. The van der Waals surface area contributed by atoms with Gasteiger partial charge < -0.3 is 10.2 Å². The van der Waals surface area contributed by atoms with Gasteiger partial charge in [-0.05, 0) is 71.4 Å². The predicted molar refractivity (Wildman–Crippen MR) is 151 cm³/mol. The minimum atomic E-state index is -4.06. The SMILES string of the molecule is Cc1ccc(N(CC(=O)N(Cc2cccc(C)c2)[C@H](C)C(=O)NC(C)(C)C)S(=O)(=O)c2ccccc2)cc1. The summed E-state index contributed by atoms with van der Waals surface area (Å²) in [6.45, 7) is 10.8. The van der Waals surface area contributed by atoms with E-state index < -0.39 is 34.1 Å². The van der Waals surface area contributed by atoms with Crippen LogP contribution in [0.4, 0.5) is 5.69 Å². The number of hydrogen-bond donors (Lipinski definition) is 1. The van der Waals surface area contributed by atoms with E-state index in [2.05, 4.69) is 5.32 Å². The molecule has 3 aromatic carbocycles. The van der Waals surface area contributed by atoms with Crippen molar-refractivity contribution in [3.63, 3.8) is 0 Å². The summed E-state index contributed by atoms with van der Waals surface area (Å²) < 4.78 is 28.6. The van der Waals surface area contributed by atoms with E-state index in [-0.39, 0.29) is 17.3 Å². The van der Waals surface area contributed by atoms with Crippen LogP contribution in [0.1, 0.15) is 44.4 Å². The van der Waals surface area contributed by atoms with Crippen LogP contribution >= 0.6 is 0 Å². The molecule has 1 atom stereocenters. The number of hydrogen-bond acceptors (Lipinski definition) is 4. The number of aryl methyl sites for hydroxylation is 2. The van der Waals surface area contributed by atoms with Gasteiger partial charge in [-0.15, -0.1) is 0 Å². The van der Waals surface area contributed by atoms with E-state index in [0.29, 0.717) is 5.69 Å². The molecule has 0 fully saturated rings. The predicted octanol–water partition coefficient (Wildman–Crippen LogP) is 4.83. The first-order valence-corrected chi connectivity index (χ1v) is 14.0. The Bertz CT molecular complexity index is 1360. The van der Waals surface area contributed by atoms with Gasteiger partial charge >= 0.3 is 0 Å². The Hall–Kier alpha value is -3.65. The molecule has 3 rings (SSSR count). The van der Waals surface area contributed by atoms with E-state index in [0.717, 1.165) is 21.0 Å². The second-order valence-electron chi connectivity index (χ2n) is 10.6. The molecule has 0 bridgehead atoms. The third-order valence-electron chi connectivity index (χ3n) is 6.03. The van der Waals surface area contributed by atoms with E-state index in [1.54, 1.807) is 49.4 Å². The zero-order valence-electron chi connectivity index (χ0n) is 22.9. The zero-order chi connectivity index (χ0) is 28.1. The number of carbonyl (C=O) groups is 2. The van der Waals surface area contributed by atoms with Gasteiger partial charge in [0.25, 0.3) is 10.0 Å². The molecular formula is C30H37N3O4S. The van der Waals surface area contributed by atoms with Gasteiger partial charge in [-0.2, -0.15) is 0 Å². The second kappa shape index (κ2) is 11.8. The molecule has 0 unspecified atom stereocenters. The summed E-state index contributed by atoms with van der Waals surface area (Å²) in [5.74, 6) is -0.797. The Morgan fingerprint density at radius 1 is 0.868 bits per heavy atom. The molecule has 0 saturated carbocycles. The molecule has 0 aliphatic heterocycles. The summed E-state index contributed by atoms with van der Waals surface area (Å²) in [7, 11) is -4.06. The first kappa shape index (κ1) is 28.9. The maximum atomic E-state index is 13.9. The van der Waals surface area contributed by atoms with E-state index in [1.807, 2.05) is 58.9 Å². The molecule has 8 heteroatoms. The van der Waals surface area contributed by atoms with Crippen molar-refractivity contribution in [2.24, 2.45) is 0 Å². The fourth-order valence-corrected chi connectivity index (χ4v) is 5.46. The highest BCUT2D eigenvalue weighted by atomic mass is 32.2. The van der Waals surface area contributed by atoms with Gasteiger partial charge in [-0.25, -0.2) is 8.42 Å². The summed E-state index contributed by atoms with van der Waals surface area (Å²) in [5.41, 5.74) is 2.71. The van der Waals surface area contributed by atoms with E-state index in [9.17, 15) is 18.0 Å². The van der Waals surface area contributed by atoms with Gasteiger partial charge in [0.05, 0.1) is 10.6 Å². The molecule has 0 heterocycles. The minimum absolute atomic E-state index is 0.0807. The number of carbonyl (C=O) groups excluding carboxylic acids is 2. The molecule has 0 aromatic heterocycles. The standard InChI is InChI=1S/C30H37N3O4S/c1-22-15-17-26(18-16-22)33(38(36,37)27-13-8-7-9-14-27)21-28(34)32(20-25-12-10-11-23(2)19-25)24(3)29(35)31-30(4,5)6/h7-19,24H,20-21H2,1-6H3,(H,31,35)/t24-/m1/s1. The fourth-order valence-electron chi connectivity index (χ4n) is 4.02. The maximum Gasteiger partial charge on any atom is 0.264 e. The first-order valence-electron chi connectivity index (χ1n) is 12.6. The maximum absolute atomic E-state index is 13.9. The molecule has 0 aliphatic carbocycles. The van der Waals surface area contributed by atoms with Gasteiger partial charge in [0, 0.05) is 12.1 Å². The van der Waals surface area contributed by atoms with Crippen LogP contribution in [0.2, 0.25) is 0 Å². The first-order chi connectivity index (χ1) is 17.8. The van der Waals surface area contributed by atoms with E-state index in [4.69, 9.17) is 0 Å². The smallest absolute Gasteiger partial charge is 0.264 e. The Labute approximate surface area is 226 Å². The zero-order valence-corrected chi connectivity index (χ0v) is 23.7. The van der Waals surface area contributed by atoms with E-state index >= 15 is 0 Å². The number of nitrogens with one attached hydrogen (secondary N) is 1. The monoisotopic (exact) mass is 535 g/mol. The van der Waals surface area contributed by atoms with Gasteiger partial charge in [0.15, 0.2) is 0 Å². The van der Waals surface area contributed by atoms with Crippen molar-refractivity contribution >= 4 is 27.5 Å². The normalized spacial score (nSPS) is 12.5. The lowest BCUT2D eigenvalue weighted by Crippen LogP contribution is -2.54. The summed E-state index contributed by atoms with van der Waals surface area (Å²) >= 11 is 0. The van der Waals surface area contributed by atoms with Crippen LogP contribution in [-0.2, 0) is 26.2 Å². The number of anilines is 1. The lowest BCUT2D eigenvalue weighted by atomic mass is 10.1. The van der Waals surface area contributed by atoms with Crippen molar-refractivity contribution in [2.75, 3.05) is 10.8 Å². The average molecular weight is 536 g/mol. The van der Waals surface area contributed by atoms with Crippen molar-refractivity contribution in [2.45, 2.75) is 64.6 Å². The topological polar surface area (TPSA) is 86.8 Å². The highest BCUT2D eigenvalue weighted by Crippen LogP contribution is 2.25. The van der Waals surface area contributed by atoms with Gasteiger partial charge in [-0.1, -0.05) is 65.7 Å².